The van der Waals surface area contributed by atoms with Gasteiger partial charge >= 0.3 is 0 Å². The molecule has 234 valence electrons. The van der Waals surface area contributed by atoms with Gasteiger partial charge in [0.25, 0.3) is 11.8 Å². The highest BCUT2D eigenvalue weighted by atomic mass is 32.2. The summed E-state index contributed by atoms with van der Waals surface area (Å²) in [6.07, 6.45) is 0.633. The molecule has 1 N–H and O–H groups in total. The average Bonchev–Trinajstić information content (AvgIpc) is 3.87. The van der Waals surface area contributed by atoms with E-state index in [2.05, 4.69) is 39.8 Å². The van der Waals surface area contributed by atoms with E-state index in [1.807, 2.05) is 53.3 Å². The highest BCUT2D eigenvalue weighted by Gasteiger charge is 2.33. The number of nitrogens with one attached hydrogen (secondary N) is 1. The van der Waals surface area contributed by atoms with Crippen LogP contribution < -0.4 is 14.8 Å². The van der Waals surface area contributed by atoms with E-state index in [9.17, 15) is 9.59 Å². The smallest absolute Gasteiger partial charge is 0.253 e. The van der Waals surface area contributed by atoms with Crippen molar-refractivity contribution in [3.05, 3.63) is 118 Å². The Balaban J connectivity index is 1.25. The number of aromatic nitrogens is 3. The number of amides is 2. The highest BCUT2D eigenvalue weighted by molar-refractivity contribution is 7.99. The van der Waals surface area contributed by atoms with Gasteiger partial charge in [0.15, 0.2) is 11.0 Å². The number of ether oxygens (including phenoxy) is 2. The van der Waals surface area contributed by atoms with Crippen molar-refractivity contribution in [1.82, 2.24) is 25.1 Å². The van der Waals surface area contributed by atoms with Crippen LogP contribution in [0.4, 0.5) is 0 Å². The molecule has 0 radical (unpaired) electrons. The maximum Gasteiger partial charge on any atom is 0.253 e. The van der Waals surface area contributed by atoms with E-state index in [0.29, 0.717) is 40.2 Å². The second kappa shape index (κ2) is 14.0. The van der Waals surface area contributed by atoms with E-state index in [1.54, 1.807) is 54.8 Å². The van der Waals surface area contributed by atoms with Crippen LogP contribution in [-0.2, 0) is 11.3 Å². The second-order valence-corrected chi connectivity index (χ2v) is 12.4. The Morgan fingerprint density at radius 2 is 1.80 bits per heavy atom. The number of benzene rings is 3. The summed E-state index contributed by atoms with van der Waals surface area (Å²) in [5, 5.41) is 20.7. The third-order valence-electron chi connectivity index (χ3n) is 7.52. The molecule has 3 aromatic carbocycles. The number of thiophene rings is 1. The number of hydrazone groups is 1. The molecule has 1 aliphatic rings. The zero-order valence-corrected chi connectivity index (χ0v) is 27.2. The van der Waals surface area contributed by atoms with E-state index < -0.39 is 0 Å². The van der Waals surface area contributed by atoms with Gasteiger partial charge in [-0.3, -0.25) is 14.2 Å². The SMILES string of the molecule is COc1cccc(C(=O)NCc2nnc(SCC(=O)N3N=C(c4cccs4)CC3c3ccc(C)cc3)n2-c2ccccc2OC)c1. The molecule has 3 heterocycles. The fraction of sp³-hybridized carbons (Fsp3) is 0.206. The van der Waals surface area contributed by atoms with Crippen molar-refractivity contribution in [2.24, 2.45) is 5.10 Å². The lowest BCUT2D eigenvalue weighted by Gasteiger charge is -2.22. The molecule has 0 aliphatic carbocycles. The van der Waals surface area contributed by atoms with Gasteiger partial charge in [0.2, 0.25) is 0 Å². The van der Waals surface area contributed by atoms with Gasteiger partial charge in [0.1, 0.15) is 11.5 Å². The average molecular weight is 653 g/mol. The maximum absolute atomic E-state index is 13.8. The third-order valence-corrected chi connectivity index (χ3v) is 9.36. The molecule has 5 aromatic rings. The first-order valence-corrected chi connectivity index (χ1v) is 16.4. The van der Waals surface area contributed by atoms with Crippen molar-refractivity contribution in [3.63, 3.8) is 0 Å². The van der Waals surface area contributed by atoms with Crippen molar-refractivity contribution in [2.45, 2.75) is 31.1 Å². The lowest BCUT2D eigenvalue weighted by atomic mass is 10.00. The van der Waals surface area contributed by atoms with E-state index in [4.69, 9.17) is 14.6 Å². The van der Waals surface area contributed by atoms with Gasteiger partial charge in [-0.15, -0.1) is 21.5 Å². The van der Waals surface area contributed by atoms with Crippen molar-refractivity contribution in [2.75, 3.05) is 20.0 Å². The topological polar surface area (TPSA) is 111 Å². The van der Waals surface area contributed by atoms with Crippen LogP contribution in [0.1, 0.15) is 44.6 Å². The number of para-hydroxylation sites is 2. The van der Waals surface area contributed by atoms with Gasteiger partial charge < -0.3 is 14.8 Å². The van der Waals surface area contributed by atoms with Crippen LogP contribution >= 0.6 is 23.1 Å². The van der Waals surface area contributed by atoms with E-state index >= 15 is 0 Å². The molecule has 0 fully saturated rings. The summed E-state index contributed by atoms with van der Waals surface area (Å²) in [5.41, 5.74) is 4.22. The van der Waals surface area contributed by atoms with Gasteiger partial charge in [-0.1, -0.05) is 65.9 Å². The molecule has 46 heavy (non-hydrogen) atoms. The number of hydrogen-bond acceptors (Lipinski definition) is 9. The van der Waals surface area contributed by atoms with E-state index in [-0.39, 0.29) is 30.2 Å². The first-order valence-electron chi connectivity index (χ1n) is 14.6. The predicted molar refractivity (Wildman–Crippen MR) is 179 cm³/mol. The Morgan fingerprint density at radius 3 is 2.57 bits per heavy atom. The molecule has 0 bridgehead atoms. The van der Waals surface area contributed by atoms with Gasteiger partial charge in [0, 0.05) is 12.0 Å². The minimum atomic E-state index is -0.284. The minimum Gasteiger partial charge on any atom is -0.497 e. The fourth-order valence-corrected chi connectivity index (χ4v) is 6.70. The Labute approximate surface area is 275 Å². The van der Waals surface area contributed by atoms with E-state index in [1.165, 1.54) is 11.8 Å². The molecule has 0 saturated heterocycles. The quantitative estimate of drug-likeness (QED) is 0.173. The second-order valence-electron chi connectivity index (χ2n) is 10.5. The van der Waals surface area contributed by atoms with Gasteiger partial charge in [-0.2, -0.15) is 5.10 Å². The molecule has 10 nitrogen and oxygen atoms in total. The van der Waals surface area contributed by atoms with Crippen LogP contribution in [0.25, 0.3) is 5.69 Å². The summed E-state index contributed by atoms with van der Waals surface area (Å²) in [5.74, 6) is 1.31. The number of carbonyl (C=O) groups excluding carboxylic acids is 2. The molecule has 1 aliphatic heterocycles. The Bertz CT molecular complexity index is 1870. The molecule has 2 aromatic heterocycles. The van der Waals surface area contributed by atoms with Crippen LogP contribution in [0.2, 0.25) is 0 Å². The number of aryl methyl sites for hydroxylation is 1. The largest absolute Gasteiger partial charge is 0.497 e. The lowest BCUT2D eigenvalue weighted by molar-refractivity contribution is -0.130. The van der Waals surface area contributed by atoms with E-state index in [0.717, 1.165) is 21.7 Å². The van der Waals surface area contributed by atoms with Gasteiger partial charge in [0.05, 0.1) is 48.8 Å². The number of rotatable bonds is 11. The minimum absolute atomic E-state index is 0.0764. The van der Waals surface area contributed by atoms with Gasteiger partial charge in [-0.05, 0) is 54.3 Å². The molecule has 1 unspecified atom stereocenters. The van der Waals surface area contributed by atoms with Crippen molar-refractivity contribution in [1.29, 1.82) is 0 Å². The number of carbonyl (C=O) groups is 2. The van der Waals surface area contributed by atoms with Crippen LogP contribution in [0.15, 0.2) is 101 Å². The third kappa shape index (κ3) is 6.68. The standard InChI is InChI=1S/C34H32N6O4S2/c1-22-13-15-23(16-14-22)28-19-26(30-12-7-17-45-30)38-40(28)32(41)21-46-34-37-36-31(39(34)27-10-4-5-11-29(27)44-3)20-35-33(42)24-8-6-9-25(18-24)43-2/h4-18,28H,19-21H2,1-3H3,(H,35,42). The number of nitrogens with zero attached hydrogens (tertiary/aromatic N) is 5. The Kier molecular flexibility index (Phi) is 9.46. The summed E-state index contributed by atoms with van der Waals surface area (Å²) in [6.45, 7) is 2.13. The first-order chi connectivity index (χ1) is 22.4. The van der Waals surface area contributed by atoms with Gasteiger partial charge in [-0.25, -0.2) is 5.01 Å². The summed E-state index contributed by atoms with van der Waals surface area (Å²) < 4.78 is 12.7. The van der Waals surface area contributed by atoms with Crippen molar-refractivity contribution < 1.29 is 19.1 Å². The zero-order chi connectivity index (χ0) is 32.0. The summed E-state index contributed by atoms with van der Waals surface area (Å²) in [6, 6.07) is 26.4. The summed E-state index contributed by atoms with van der Waals surface area (Å²) >= 11 is 2.87. The maximum atomic E-state index is 13.8. The van der Waals surface area contributed by atoms with Crippen molar-refractivity contribution in [3.8, 4) is 17.2 Å². The van der Waals surface area contributed by atoms with Crippen molar-refractivity contribution >= 4 is 40.6 Å². The van der Waals surface area contributed by atoms with Crippen LogP contribution in [0.5, 0.6) is 11.5 Å². The molecule has 12 heteroatoms. The fourth-order valence-electron chi connectivity index (χ4n) is 5.16. The molecule has 0 saturated carbocycles. The van der Waals surface area contributed by atoms with Crippen LogP contribution in [-0.4, -0.2) is 57.3 Å². The number of thioether (sulfide) groups is 1. The Hall–Kier alpha value is -4.94. The normalized spacial score (nSPS) is 14.2. The molecular formula is C34H32N6O4S2. The number of methoxy groups -OCH3 is 2. The summed E-state index contributed by atoms with van der Waals surface area (Å²) in [4.78, 5) is 27.9. The van der Waals surface area contributed by atoms with Crippen LogP contribution in [0, 0.1) is 6.92 Å². The number of hydrogen-bond donors (Lipinski definition) is 1. The lowest BCUT2D eigenvalue weighted by Crippen LogP contribution is -2.28. The monoisotopic (exact) mass is 652 g/mol. The summed E-state index contributed by atoms with van der Waals surface area (Å²) in [7, 11) is 3.14. The molecular weight excluding hydrogens is 621 g/mol. The molecule has 0 spiro atoms. The molecule has 2 amide bonds. The first kappa shape index (κ1) is 31.1. The van der Waals surface area contributed by atoms with Crippen LogP contribution in [0.3, 0.4) is 0 Å². The Morgan fingerprint density at radius 1 is 0.978 bits per heavy atom. The molecule has 6 rings (SSSR count). The highest BCUT2D eigenvalue weighted by Crippen LogP contribution is 2.35. The zero-order valence-electron chi connectivity index (χ0n) is 25.5. The predicted octanol–water partition coefficient (Wildman–Crippen LogP) is 6.05. The molecule has 1 atom stereocenters.